The molecule has 1 saturated heterocycles. The Balaban J connectivity index is 1.78. The molecule has 1 unspecified atom stereocenters. The fourth-order valence-electron chi connectivity index (χ4n) is 2.59. The molecule has 0 aromatic carbocycles. The molecule has 1 fully saturated rings. The summed E-state index contributed by atoms with van der Waals surface area (Å²) < 4.78 is 5.31. The Morgan fingerprint density at radius 3 is 2.70 bits per heavy atom. The number of pyridine rings is 1. The molecule has 0 saturated carbocycles. The van der Waals surface area contributed by atoms with Crippen molar-refractivity contribution < 1.29 is 9.53 Å². The smallest absolute Gasteiger partial charge is 0.245 e. The number of anilines is 1. The molecule has 7 nitrogen and oxygen atoms in total. The summed E-state index contributed by atoms with van der Waals surface area (Å²) in [6.45, 7) is 6.52. The number of hydrogen-bond acceptors (Lipinski definition) is 6. The molecule has 0 spiro atoms. The first-order chi connectivity index (χ1) is 11.1. The lowest BCUT2D eigenvalue weighted by Gasteiger charge is -2.32. The molecule has 3 rings (SSSR count). The Bertz CT molecular complexity index is 685. The molecule has 122 valence electrons. The molecular weight excluding hydrogens is 294 g/mol. The van der Waals surface area contributed by atoms with Crippen molar-refractivity contribution >= 4 is 22.9 Å². The lowest BCUT2D eigenvalue weighted by atomic mass is 10.0. The van der Waals surface area contributed by atoms with Gasteiger partial charge in [-0.2, -0.15) is 0 Å². The standard InChI is InChI=1S/C16H21N5O2/c1-11(2)14(16(22)21-7-9-23-10-8-21)19-13-4-3-12-15(20-13)18-6-5-17-12/h3-6,11,14H,7-10H2,1-2H3,(H,18,19,20). The van der Waals surface area contributed by atoms with E-state index in [9.17, 15) is 4.79 Å². The van der Waals surface area contributed by atoms with E-state index in [2.05, 4.69) is 20.3 Å². The molecule has 0 aliphatic carbocycles. The molecule has 1 aliphatic rings. The van der Waals surface area contributed by atoms with Crippen molar-refractivity contribution in [1.29, 1.82) is 0 Å². The summed E-state index contributed by atoms with van der Waals surface area (Å²) in [5.41, 5.74) is 1.30. The first-order valence-electron chi connectivity index (χ1n) is 7.86. The van der Waals surface area contributed by atoms with Crippen LogP contribution in [0.3, 0.4) is 0 Å². The van der Waals surface area contributed by atoms with E-state index in [1.165, 1.54) is 0 Å². The number of nitrogens with zero attached hydrogens (tertiary/aromatic N) is 4. The molecule has 0 radical (unpaired) electrons. The zero-order chi connectivity index (χ0) is 16.2. The third-order valence-corrected chi connectivity index (χ3v) is 3.89. The number of fused-ring (bicyclic) bond motifs is 1. The van der Waals surface area contributed by atoms with Crippen LogP contribution in [0.15, 0.2) is 24.5 Å². The van der Waals surface area contributed by atoms with Crippen molar-refractivity contribution in [2.24, 2.45) is 5.92 Å². The first-order valence-corrected chi connectivity index (χ1v) is 7.86. The molecule has 7 heteroatoms. The van der Waals surface area contributed by atoms with Gasteiger partial charge in [0.25, 0.3) is 0 Å². The number of ether oxygens (including phenoxy) is 1. The predicted octanol–water partition coefficient (Wildman–Crippen LogP) is 1.32. The molecule has 23 heavy (non-hydrogen) atoms. The molecule has 1 N–H and O–H groups in total. The maximum atomic E-state index is 12.8. The van der Waals surface area contributed by atoms with Gasteiger partial charge in [0.15, 0.2) is 5.65 Å². The largest absolute Gasteiger partial charge is 0.378 e. The van der Waals surface area contributed by atoms with Gasteiger partial charge < -0.3 is 15.0 Å². The molecule has 1 amide bonds. The third-order valence-electron chi connectivity index (χ3n) is 3.89. The Hall–Kier alpha value is -2.28. The second kappa shape index (κ2) is 6.87. The Morgan fingerprint density at radius 2 is 1.96 bits per heavy atom. The number of carbonyl (C=O) groups excluding carboxylic acids is 1. The molecule has 1 atom stereocenters. The van der Waals surface area contributed by atoms with Crippen molar-refractivity contribution in [3.8, 4) is 0 Å². The zero-order valence-corrected chi connectivity index (χ0v) is 13.4. The van der Waals surface area contributed by atoms with Crippen molar-refractivity contribution in [2.75, 3.05) is 31.6 Å². The molecule has 0 bridgehead atoms. The van der Waals surface area contributed by atoms with Crippen molar-refractivity contribution in [3.63, 3.8) is 0 Å². The normalized spacial score (nSPS) is 16.6. The van der Waals surface area contributed by atoms with Crippen LogP contribution in [-0.2, 0) is 9.53 Å². The summed E-state index contributed by atoms with van der Waals surface area (Å²) >= 11 is 0. The van der Waals surface area contributed by atoms with Crippen LogP contribution in [0, 0.1) is 5.92 Å². The van der Waals surface area contributed by atoms with Gasteiger partial charge in [-0.3, -0.25) is 9.78 Å². The topological polar surface area (TPSA) is 80.2 Å². The highest BCUT2D eigenvalue weighted by Crippen LogP contribution is 2.16. The van der Waals surface area contributed by atoms with Crippen LogP contribution in [0.2, 0.25) is 0 Å². The van der Waals surface area contributed by atoms with E-state index >= 15 is 0 Å². The zero-order valence-electron chi connectivity index (χ0n) is 13.4. The van der Waals surface area contributed by atoms with Gasteiger partial charge in [-0.1, -0.05) is 13.8 Å². The van der Waals surface area contributed by atoms with Crippen LogP contribution in [0.1, 0.15) is 13.8 Å². The van der Waals surface area contributed by atoms with Crippen LogP contribution in [0.25, 0.3) is 11.2 Å². The Morgan fingerprint density at radius 1 is 1.22 bits per heavy atom. The van der Waals surface area contributed by atoms with Crippen LogP contribution in [0.5, 0.6) is 0 Å². The fourth-order valence-corrected chi connectivity index (χ4v) is 2.59. The van der Waals surface area contributed by atoms with E-state index in [1.54, 1.807) is 12.4 Å². The van der Waals surface area contributed by atoms with E-state index in [-0.39, 0.29) is 17.9 Å². The minimum absolute atomic E-state index is 0.0874. The second-order valence-corrected chi connectivity index (χ2v) is 5.90. The minimum Gasteiger partial charge on any atom is -0.378 e. The van der Waals surface area contributed by atoms with Gasteiger partial charge in [0.1, 0.15) is 17.4 Å². The van der Waals surface area contributed by atoms with Crippen LogP contribution >= 0.6 is 0 Å². The lowest BCUT2D eigenvalue weighted by molar-refractivity contribution is -0.137. The number of carbonyl (C=O) groups is 1. The summed E-state index contributed by atoms with van der Waals surface area (Å²) in [6.07, 6.45) is 3.24. The van der Waals surface area contributed by atoms with Gasteiger partial charge in [0.2, 0.25) is 5.91 Å². The number of aromatic nitrogens is 3. The van der Waals surface area contributed by atoms with Crippen LogP contribution in [0.4, 0.5) is 5.82 Å². The number of morpholine rings is 1. The van der Waals surface area contributed by atoms with E-state index in [0.29, 0.717) is 37.8 Å². The summed E-state index contributed by atoms with van der Waals surface area (Å²) in [7, 11) is 0. The van der Waals surface area contributed by atoms with Crippen molar-refractivity contribution in [2.45, 2.75) is 19.9 Å². The summed E-state index contributed by atoms with van der Waals surface area (Å²) in [4.78, 5) is 27.5. The van der Waals surface area contributed by atoms with E-state index < -0.39 is 0 Å². The number of hydrogen-bond donors (Lipinski definition) is 1. The number of amides is 1. The second-order valence-electron chi connectivity index (χ2n) is 5.90. The van der Waals surface area contributed by atoms with Gasteiger partial charge in [0.05, 0.1) is 13.2 Å². The highest BCUT2D eigenvalue weighted by molar-refractivity contribution is 5.85. The molecule has 3 heterocycles. The van der Waals surface area contributed by atoms with Gasteiger partial charge in [-0.15, -0.1) is 0 Å². The third kappa shape index (κ3) is 3.56. The van der Waals surface area contributed by atoms with E-state index in [4.69, 9.17) is 4.74 Å². The molecule has 1 aliphatic heterocycles. The number of rotatable bonds is 4. The van der Waals surface area contributed by atoms with Crippen LogP contribution < -0.4 is 5.32 Å². The molecule has 2 aromatic heterocycles. The molecule has 2 aromatic rings. The first kappa shape index (κ1) is 15.6. The van der Waals surface area contributed by atoms with Gasteiger partial charge >= 0.3 is 0 Å². The van der Waals surface area contributed by atoms with Crippen LogP contribution in [-0.4, -0.2) is 58.1 Å². The lowest BCUT2D eigenvalue weighted by Crippen LogP contribution is -2.49. The van der Waals surface area contributed by atoms with Crippen molar-refractivity contribution in [3.05, 3.63) is 24.5 Å². The Kier molecular flexibility index (Phi) is 4.66. The monoisotopic (exact) mass is 315 g/mol. The van der Waals surface area contributed by atoms with Gasteiger partial charge in [0, 0.05) is 25.5 Å². The predicted molar refractivity (Wildman–Crippen MR) is 87.0 cm³/mol. The maximum absolute atomic E-state index is 12.8. The number of nitrogens with one attached hydrogen (secondary N) is 1. The SMILES string of the molecule is CC(C)C(Nc1ccc2nccnc2n1)C(=O)N1CCOCC1. The van der Waals surface area contributed by atoms with Crippen molar-refractivity contribution in [1.82, 2.24) is 19.9 Å². The highest BCUT2D eigenvalue weighted by atomic mass is 16.5. The quantitative estimate of drug-likeness (QED) is 0.916. The summed E-state index contributed by atoms with van der Waals surface area (Å²) in [6, 6.07) is 3.36. The maximum Gasteiger partial charge on any atom is 0.245 e. The average Bonchev–Trinajstić information content (AvgIpc) is 2.59. The van der Waals surface area contributed by atoms with Gasteiger partial charge in [-0.25, -0.2) is 9.97 Å². The summed E-state index contributed by atoms with van der Waals surface area (Å²) in [5.74, 6) is 0.868. The average molecular weight is 315 g/mol. The van der Waals surface area contributed by atoms with E-state index in [1.807, 2.05) is 30.9 Å². The minimum atomic E-state index is -0.324. The van der Waals surface area contributed by atoms with Gasteiger partial charge in [-0.05, 0) is 18.1 Å². The fraction of sp³-hybridized carbons (Fsp3) is 0.500. The Labute approximate surface area is 135 Å². The molecular formula is C16H21N5O2. The highest BCUT2D eigenvalue weighted by Gasteiger charge is 2.28. The van der Waals surface area contributed by atoms with E-state index in [0.717, 1.165) is 5.52 Å². The summed E-state index contributed by atoms with van der Waals surface area (Å²) in [5, 5.41) is 3.26.